The van der Waals surface area contributed by atoms with Crippen LogP contribution in [0.15, 0.2) is 54.7 Å². The summed E-state index contributed by atoms with van der Waals surface area (Å²) in [5, 5.41) is 12.1. The van der Waals surface area contributed by atoms with Gasteiger partial charge in [-0.2, -0.15) is 12.6 Å². The van der Waals surface area contributed by atoms with E-state index in [1.807, 2.05) is 42.6 Å². The Morgan fingerprint density at radius 1 is 1.11 bits per heavy atom. The first-order chi connectivity index (χ1) is 16.8. The van der Waals surface area contributed by atoms with E-state index in [9.17, 15) is 14.7 Å². The second kappa shape index (κ2) is 12.6. The second-order valence-corrected chi connectivity index (χ2v) is 9.91. The molecule has 0 bridgehead atoms. The molecule has 6 nitrogen and oxygen atoms in total. The van der Waals surface area contributed by atoms with Crippen LogP contribution in [-0.2, 0) is 24.3 Å². The highest BCUT2D eigenvalue weighted by atomic mass is 32.1. The number of hydrogen-bond donors (Lipinski definition) is 3. The number of aryl methyl sites for hydroxylation is 1. The number of nitrogens with one attached hydrogen (secondary N) is 1. The van der Waals surface area contributed by atoms with Gasteiger partial charge in [0.25, 0.3) is 0 Å². The van der Waals surface area contributed by atoms with E-state index < -0.39 is 5.97 Å². The van der Waals surface area contributed by atoms with Crippen molar-refractivity contribution < 1.29 is 14.7 Å². The molecule has 7 heteroatoms. The number of hydrogen-bond acceptors (Lipinski definition) is 4. The zero-order chi connectivity index (χ0) is 25.4. The Balaban J connectivity index is 1.73. The van der Waals surface area contributed by atoms with Gasteiger partial charge in [0.15, 0.2) is 0 Å². The molecule has 0 saturated heterocycles. The molecule has 1 aromatic heterocycles. The molecule has 35 heavy (non-hydrogen) atoms. The van der Waals surface area contributed by atoms with E-state index in [4.69, 9.17) is 4.98 Å². The van der Waals surface area contributed by atoms with Crippen molar-refractivity contribution in [1.82, 2.24) is 14.9 Å². The van der Waals surface area contributed by atoms with Crippen LogP contribution in [0.1, 0.15) is 67.5 Å². The topological polar surface area (TPSA) is 84.2 Å². The zero-order valence-electron chi connectivity index (χ0n) is 20.7. The summed E-state index contributed by atoms with van der Waals surface area (Å²) in [6.07, 6.45) is 5.73. The number of unbranched alkanes of at least 4 members (excludes halogenated alkanes) is 1. The standard InChI is InChI=1S/C28H35N3O3S/c1-4-5-10-26-30-22(16-29-27(32)25(35)15-19(2)3)18-31(26)17-20-11-13-21(14-12-20)23-8-6-7-9-24(23)28(33)34/h6-9,11-14,18-19,25,35H,4-5,10,15-17H2,1-3H3,(H,29,32)(H,33,34)/t25-/m0/s1. The van der Waals surface area contributed by atoms with Gasteiger partial charge < -0.3 is 15.0 Å². The normalized spacial score (nSPS) is 12.0. The molecule has 0 saturated carbocycles. The van der Waals surface area contributed by atoms with Gasteiger partial charge in [-0.3, -0.25) is 4.79 Å². The first-order valence-electron chi connectivity index (χ1n) is 12.2. The zero-order valence-corrected chi connectivity index (χ0v) is 21.6. The molecule has 0 aliphatic carbocycles. The summed E-state index contributed by atoms with van der Waals surface area (Å²) in [4.78, 5) is 28.7. The number of imidazole rings is 1. The lowest BCUT2D eigenvalue weighted by Crippen LogP contribution is -2.31. The molecule has 0 unspecified atom stereocenters. The maximum Gasteiger partial charge on any atom is 0.336 e. The number of carboxylic acids is 1. The van der Waals surface area contributed by atoms with Crippen molar-refractivity contribution >= 4 is 24.5 Å². The maximum atomic E-state index is 12.4. The summed E-state index contributed by atoms with van der Waals surface area (Å²) in [5.41, 5.74) is 3.80. The molecule has 2 N–H and O–H groups in total. The maximum absolute atomic E-state index is 12.4. The summed E-state index contributed by atoms with van der Waals surface area (Å²) in [6.45, 7) is 7.35. The van der Waals surface area contributed by atoms with Crippen LogP contribution < -0.4 is 5.32 Å². The summed E-state index contributed by atoms with van der Waals surface area (Å²) in [7, 11) is 0. The summed E-state index contributed by atoms with van der Waals surface area (Å²) in [5.74, 6) is 0.411. The molecule has 2 aromatic carbocycles. The van der Waals surface area contributed by atoms with Crippen LogP contribution in [0.25, 0.3) is 11.1 Å². The molecule has 0 radical (unpaired) electrons. The monoisotopic (exact) mass is 493 g/mol. The molecule has 186 valence electrons. The second-order valence-electron chi connectivity index (χ2n) is 9.29. The molecule has 3 rings (SSSR count). The minimum absolute atomic E-state index is 0.0658. The van der Waals surface area contributed by atoms with E-state index in [-0.39, 0.29) is 11.2 Å². The number of aromatic nitrogens is 2. The van der Waals surface area contributed by atoms with E-state index in [1.54, 1.807) is 12.1 Å². The highest BCUT2D eigenvalue weighted by Crippen LogP contribution is 2.24. The third-order valence-corrected chi connectivity index (χ3v) is 6.32. The van der Waals surface area contributed by atoms with Crippen LogP contribution in [0.2, 0.25) is 0 Å². The van der Waals surface area contributed by atoms with E-state index in [1.165, 1.54) is 0 Å². The predicted octanol–water partition coefficient (Wildman–Crippen LogP) is 5.60. The fraction of sp³-hybridized carbons (Fsp3) is 0.393. The van der Waals surface area contributed by atoms with Gasteiger partial charge in [0.1, 0.15) is 5.82 Å². The number of carbonyl (C=O) groups excluding carboxylic acids is 1. The number of nitrogens with zero attached hydrogens (tertiary/aromatic N) is 2. The van der Waals surface area contributed by atoms with Crippen LogP contribution >= 0.6 is 12.6 Å². The number of amides is 1. The van der Waals surface area contributed by atoms with Crippen molar-refractivity contribution in [2.75, 3.05) is 0 Å². The van der Waals surface area contributed by atoms with Crippen LogP contribution in [0.5, 0.6) is 0 Å². The summed E-state index contributed by atoms with van der Waals surface area (Å²) < 4.78 is 2.14. The average molecular weight is 494 g/mol. The summed E-state index contributed by atoms with van der Waals surface area (Å²) in [6, 6.07) is 15.0. The van der Waals surface area contributed by atoms with E-state index in [0.29, 0.717) is 30.1 Å². The Bertz CT molecular complexity index is 1140. The predicted molar refractivity (Wildman–Crippen MR) is 143 cm³/mol. The highest BCUT2D eigenvalue weighted by molar-refractivity contribution is 7.81. The highest BCUT2D eigenvalue weighted by Gasteiger charge is 2.16. The first kappa shape index (κ1) is 26.5. The Hall–Kier alpha value is -3.06. The van der Waals surface area contributed by atoms with Crippen molar-refractivity contribution in [2.24, 2.45) is 5.92 Å². The molecule has 3 aromatic rings. The molecule has 0 aliphatic heterocycles. The van der Waals surface area contributed by atoms with Gasteiger partial charge >= 0.3 is 5.97 Å². The van der Waals surface area contributed by atoms with Gasteiger partial charge in [-0.25, -0.2) is 9.78 Å². The van der Waals surface area contributed by atoms with Crippen LogP contribution in [0.3, 0.4) is 0 Å². The number of benzene rings is 2. The minimum Gasteiger partial charge on any atom is -0.478 e. The molecule has 0 fully saturated rings. The third kappa shape index (κ3) is 7.46. The van der Waals surface area contributed by atoms with Gasteiger partial charge in [0.05, 0.1) is 23.1 Å². The molecule has 0 aliphatic rings. The Kier molecular flexibility index (Phi) is 9.55. The quantitative estimate of drug-likeness (QED) is 0.287. The molecule has 1 amide bonds. The Morgan fingerprint density at radius 3 is 2.49 bits per heavy atom. The first-order valence-corrected chi connectivity index (χ1v) is 12.7. The molecular weight excluding hydrogens is 458 g/mol. The molecular formula is C28H35N3O3S. The van der Waals surface area contributed by atoms with Crippen LogP contribution in [-0.4, -0.2) is 31.8 Å². The summed E-state index contributed by atoms with van der Waals surface area (Å²) >= 11 is 4.43. The lowest BCUT2D eigenvalue weighted by atomic mass is 9.99. The molecule has 0 spiro atoms. The van der Waals surface area contributed by atoms with Crippen molar-refractivity contribution in [2.45, 2.75) is 64.8 Å². The minimum atomic E-state index is -0.934. The molecule has 1 heterocycles. The SMILES string of the molecule is CCCCc1nc(CNC(=O)[C@@H](S)CC(C)C)cn1Cc1ccc(-c2ccccc2C(=O)O)cc1. The van der Waals surface area contributed by atoms with Gasteiger partial charge in [-0.1, -0.05) is 69.7 Å². The molecule has 1 atom stereocenters. The number of carboxylic acid groups (broad SMARTS) is 1. The lowest BCUT2D eigenvalue weighted by Gasteiger charge is -2.12. The Labute approximate surface area is 213 Å². The van der Waals surface area contributed by atoms with Crippen molar-refractivity contribution in [3.05, 3.63) is 77.4 Å². The van der Waals surface area contributed by atoms with E-state index in [2.05, 4.69) is 43.3 Å². The smallest absolute Gasteiger partial charge is 0.336 e. The number of aromatic carboxylic acids is 1. The van der Waals surface area contributed by atoms with Crippen LogP contribution in [0.4, 0.5) is 0 Å². The Morgan fingerprint density at radius 2 is 1.83 bits per heavy atom. The number of rotatable bonds is 12. The van der Waals surface area contributed by atoms with E-state index in [0.717, 1.165) is 48.3 Å². The largest absolute Gasteiger partial charge is 0.478 e. The fourth-order valence-electron chi connectivity index (χ4n) is 4.03. The number of thiol groups is 1. The van der Waals surface area contributed by atoms with Crippen molar-refractivity contribution in [3.63, 3.8) is 0 Å². The van der Waals surface area contributed by atoms with Gasteiger partial charge in [-0.05, 0) is 41.5 Å². The van der Waals surface area contributed by atoms with Gasteiger partial charge in [0, 0.05) is 19.2 Å². The third-order valence-electron chi connectivity index (χ3n) is 5.88. The van der Waals surface area contributed by atoms with Crippen LogP contribution in [0, 0.1) is 5.92 Å². The fourth-order valence-corrected chi connectivity index (χ4v) is 4.54. The van der Waals surface area contributed by atoms with Gasteiger partial charge in [0.2, 0.25) is 5.91 Å². The van der Waals surface area contributed by atoms with Crippen molar-refractivity contribution in [1.29, 1.82) is 0 Å². The van der Waals surface area contributed by atoms with E-state index >= 15 is 0 Å². The van der Waals surface area contributed by atoms with Gasteiger partial charge in [-0.15, -0.1) is 0 Å². The average Bonchev–Trinajstić information content (AvgIpc) is 3.22. The number of carbonyl (C=O) groups is 2. The lowest BCUT2D eigenvalue weighted by molar-refractivity contribution is -0.121. The van der Waals surface area contributed by atoms with Crippen molar-refractivity contribution in [3.8, 4) is 11.1 Å².